The average molecular weight is 384 g/mol. The molecule has 1 aliphatic heterocycles. The van der Waals surface area contributed by atoms with E-state index in [0.29, 0.717) is 5.25 Å². The Kier molecular flexibility index (Phi) is 6.15. The molecular formula is C23H29NO2S. The number of rotatable bonds is 6. The number of hydrogen-bond donors (Lipinski definition) is 1. The lowest BCUT2D eigenvalue weighted by atomic mass is 9.83. The first-order valence-corrected chi connectivity index (χ1v) is 10.7. The largest absolute Gasteiger partial charge is 0.487 e. The van der Waals surface area contributed by atoms with Crippen LogP contribution in [0.5, 0.6) is 5.75 Å². The molecule has 0 saturated carbocycles. The highest BCUT2D eigenvalue weighted by molar-refractivity contribution is 8.00. The Balaban J connectivity index is 1.89. The minimum Gasteiger partial charge on any atom is -0.487 e. The summed E-state index contributed by atoms with van der Waals surface area (Å²) in [6.07, 6.45) is 2.64. The molecule has 0 aromatic heterocycles. The maximum absolute atomic E-state index is 13.1. The van der Waals surface area contributed by atoms with Crippen LogP contribution in [0.1, 0.15) is 68.9 Å². The molecule has 0 unspecified atom stereocenters. The number of benzene rings is 2. The Morgan fingerprint density at radius 1 is 1.15 bits per heavy atom. The first-order valence-electron chi connectivity index (χ1n) is 9.82. The Bertz CT molecular complexity index is 798. The zero-order valence-corrected chi connectivity index (χ0v) is 17.4. The van der Waals surface area contributed by atoms with Gasteiger partial charge in [-0.1, -0.05) is 58.0 Å². The van der Waals surface area contributed by atoms with Gasteiger partial charge in [-0.15, -0.1) is 11.8 Å². The van der Waals surface area contributed by atoms with E-state index >= 15 is 0 Å². The lowest BCUT2D eigenvalue weighted by molar-refractivity contribution is 0.0227. The molecule has 0 saturated heterocycles. The standard InChI is InChI=1S/C23H29NO2S/c1-5-23(6-2)15-19(17-11-7-9-13-20(17)26-23)24-22(25)18-12-8-10-14-21(18)27-16(3)4/h7-14,16,19H,5-6,15H2,1-4H3,(H,24,25)/t19-/m1/s1. The van der Waals surface area contributed by atoms with Gasteiger partial charge in [0.1, 0.15) is 11.4 Å². The Labute approximate surface area is 166 Å². The van der Waals surface area contributed by atoms with Crippen molar-refractivity contribution in [2.24, 2.45) is 0 Å². The van der Waals surface area contributed by atoms with E-state index in [0.717, 1.165) is 41.0 Å². The summed E-state index contributed by atoms with van der Waals surface area (Å²) in [5.74, 6) is 0.879. The van der Waals surface area contributed by atoms with Crippen LogP contribution in [0.4, 0.5) is 0 Å². The van der Waals surface area contributed by atoms with Crippen LogP contribution in [0.15, 0.2) is 53.4 Å². The van der Waals surface area contributed by atoms with Crippen LogP contribution in [-0.2, 0) is 0 Å². The fourth-order valence-electron chi connectivity index (χ4n) is 3.68. The third kappa shape index (κ3) is 4.32. The summed E-state index contributed by atoms with van der Waals surface area (Å²) < 4.78 is 6.36. The van der Waals surface area contributed by atoms with Crippen LogP contribution in [-0.4, -0.2) is 16.8 Å². The van der Waals surface area contributed by atoms with E-state index in [2.05, 4.69) is 39.1 Å². The summed E-state index contributed by atoms with van der Waals surface area (Å²) in [6.45, 7) is 8.60. The third-order valence-corrected chi connectivity index (χ3v) is 6.37. The van der Waals surface area contributed by atoms with Crippen LogP contribution < -0.4 is 10.1 Å². The summed E-state index contributed by atoms with van der Waals surface area (Å²) in [5, 5.41) is 3.72. The van der Waals surface area contributed by atoms with Gasteiger partial charge in [-0.3, -0.25) is 4.79 Å². The molecule has 27 heavy (non-hydrogen) atoms. The minimum atomic E-state index is -0.224. The van der Waals surface area contributed by atoms with Gasteiger partial charge >= 0.3 is 0 Å². The van der Waals surface area contributed by atoms with Gasteiger partial charge in [0.05, 0.1) is 11.6 Å². The van der Waals surface area contributed by atoms with Crippen LogP contribution in [0.3, 0.4) is 0 Å². The number of nitrogens with one attached hydrogen (secondary N) is 1. The number of carbonyl (C=O) groups excluding carboxylic acids is 1. The highest BCUT2D eigenvalue weighted by Gasteiger charge is 2.39. The quantitative estimate of drug-likeness (QED) is 0.622. The van der Waals surface area contributed by atoms with Crippen LogP contribution in [0, 0.1) is 0 Å². The average Bonchev–Trinajstić information content (AvgIpc) is 2.67. The number of amides is 1. The van der Waals surface area contributed by atoms with Crippen LogP contribution in [0.2, 0.25) is 0 Å². The summed E-state index contributed by atoms with van der Waals surface area (Å²) in [5.41, 5.74) is 1.59. The monoisotopic (exact) mass is 383 g/mol. The molecule has 1 aliphatic rings. The molecule has 4 heteroatoms. The molecule has 1 atom stereocenters. The number of hydrogen-bond acceptors (Lipinski definition) is 3. The molecule has 0 fully saturated rings. The van der Waals surface area contributed by atoms with Gasteiger partial charge in [-0.25, -0.2) is 0 Å². The molecule has 1 heterocycles. The van der Waals surface area contributed by atoms with Crippen molar-refractivity contribution in [3.8, 4) is 5.75 Å². The first-order chi connectivity index (χ1) is 13.0. The van der Waals surface area contributed by atoms with Crippen LogP contribution >= 0.6 is 11.8 Å². The zero-order valence-electron chi connectivity index (χ0n) is 16.6. The van der Waals surface area contributed by atoms with Gasteiger partial charge in [0.2, 0.25) is 0 Å². The summed E-state index contributed by atoms with van der Waals surface area (Å²) >= 11 is 1.72. The summed E-state index contributed by atoms with van der Waals surface area (Å²) in [6, 6.07) is 15.9. The van der Waals surface area contributed by atoms with Gasteiger partial charge in [-0.2, -0.15) is 0 Å². The summed E-state index contributed by atoms with van der Waals surface area (Å²) in [7, 11) is 0. The zero-order chi connectivity index (χ0) is 19.4. The lowest BCUT2D eigenvalue weighted by Gasteiger charge is -2.41. The van der Waals surface area contributed by atoms with E-state index in [1.165, 1.54) is 0 Å². The van der Waals surface area contributed by atoms with Crippen LogP contribution in [0.25, 0.3) is 0 Å². The van der Waals surface area contributed by atoms with Gasteiger partial charge in [0.15, 0.2) is 0 Å². The number of para-hydroxylation sites is 1. The SMILES string of the molecule is CCC1(CC)C[C@@H](NC(=O)c2ccccc2SC(C)C)c2ccccc2O1. The topological polar surface area (TPSA) is 38.3 Å². The number of carbonyl (C=O) groups is 1. The molecule has 0 aliphatic carbocycles. The molecule has 2 aromatic rings. The first kappa shape index (κ1) is 19.8. The van der Waals surface area contributed by atoms with E-state index in [1.54, 1.807) is 11.8 Å². The Hall–Kier alpha value is -1.94. The molecule has 1 amide bonds. The van der Waals surface area contributed by atoms with Crippen molar-refractivity contribution in [3.05, 3.63) is 59.7 Å². The van der Waals surface area contributed by atoms with Gasteiger partial charge in [0.25, 0.3) is 5.91 Å². The molecule has 1 N–H and O–H groups in total. The molecular weight excluding hydrogens is 354 g/mol. The fraction of sp³-hybridized carbons (Fsp3) is 0.435. The molecule has 0 bridgehead atoms. The second-order valence-corrected chi connectivity index (χ2v) is 9.04. The second-order valence-electron chi connectivity index (χ2n) is 7.42. The predicted octanol–water partition coefficient (Wildman–Crippen LogP) is 6.00. The van der Waals surface area contributed by atoms with E-state index in [4.69, 9.17) is 4.74 Å². The van der Waals surface area contributed by atoms with Crippen molar-refractivity contribution in [3.63, 3.8) is 0 Å². The molecule has 3 nitrogen and oxygen atoms in total. The van der Waals surface area contributed by atoms with Crippen molar-refractivity contribution in [1.29, 1.82) is 0 Å². The normalized spacial score (nSPS) is 17.9. The highest BCUT2D eigenvalue weighted by atomic mass is 32.2. The van der Waals surface area contributed by atoms with Crippen molar-refractivity contribution in [2.75, 3.05) is 0 Å². The lowest BCUT2D eigenvalue weighted by Crippen LogP contribution is -2.44. The fourth-order valence-corrected chi connectivity index (χ4v) is 4.63. The predicted molar refractivity (Wildman–Crippen MR) is 113 cm³/mol. The molecule has 2 aromatic carbocycles. The minimum absolute atomic E-state index is 0.0124. The Morgan fingerprint density at radius 3 is 2.52 bits per heavy atom. The van der Waals surface area contributed by atoms with E-state index in [1.807, 2.05) is 42.5 Å². The van der Waals surface area contributed by atoms with E-state index in [9.17, 15) is 4.79 Å². The number of thioether (sulfide) groups is 1. The van der Waals surface area contributed by atoms with Gasteiger partial charge in [0, 0.05) is 22.1 Å². The molecule has 144 valence electrons. The molecule has 3 rings (SSSR count). The molecule has 0 radical (unpaired) electrons. The second kappa shape index (κ2) is 8.39. The van der Waals surface area contributed by atoms with Crippen molar-refractivity contribution in [2.45, 2.75) is 68.7 Å². The van der Waals surface area contributed by atoms with Crippen molar-refractivity contribution < 1.29 is 9.53 Å². The van der Waals surface area contributed by atoms with E-state index < -0.39 is 0 Å². The van der Waals surface area contributed by atoms with Gasteiger partial charge in [-0.05, 0) is 31.0 Å². The van der Waals surface area contributed by atoms with Crippen molar-refractivity contribution >= 4 is 17.7 Å². The highest BCUT2D eigenvalue weighted by Crippen LogP contribution is 2.42. The van der Waals surface area contributed by atoms with Crippen molar-refractivity contribution in [1.82, 2.24) is 5.32 Å². The smallest absolute Gasteiger partial charge is 0.252 e. The third-order valence-electron chi connectivity index (χ3n) is 5.29. The molecule has 0 spiro atoms. The maximum Gasteiger partial charge on any atom is 0.252 e. The van der Waals surface area contributed by atoms with E-state index in [-0.39, 0.29) is 17.6 Å². The Morgan fingerprint density at radius 2 is 1.81 bits per heavy atom. The maximum atomic E-state index is 13.1. The number of ether oxygens (including phenoxy) is 1. The van der Waals surface area contributed by atoms with Gasteiger partial charge < -0.3 is 10.1 Å². The summed E-state index contributed by atoms with van der Waals surface area (Å²) in [4.78, 5) is 14.2. The number of fused-ring (bicyclic) bond motifs is 1.